The summed E-state index contributed by atoms with van der Waals surface area (Å²) in [6.45, 7) is 1.25. The minimum absolute atomic E-state index is 0.110. The molecule has 5 nitrogen and oxygen atoms in total. The zero-order valence-corrected chi connectivity index (χ0v) is 11.9. The van der Waals surface area contributed by atoms with Crippen LogP contribution < -0.4 is 11.1 Å². The van der Waals surface area contributed by atoms with Gasteiger partial charge in [-0.3, -0.25) is 0 Å². The van der Waals surface area contributed by atoms with Gasteiger partial charge in [-0.1, -0.05) is 35.5 Å². The Morgan fingerprint density at radius 1 is 1.19 bits per heavy atom. The molecule has 0 atom stereocenters. The van der Waals surface area contributed by atoms with E-state index in [0.717, 1.165) is 16.8 Å². The van der Waals surface area contributed by atoms with Crippen LogP contribution in [0.2, 0.25) is 0 Å². The fourth-order valence-corrected chi connectivity index (χ4v) is 2.04. The normalized spacial score (nSPS) is 11.4. The smallest absolute Gasteiger partial charge is 0.170 e. The summed E-state index contributed by atoms with van der Waals surface area (Å²) in [6, 6.07) is 15.6. The number of amidine groups is 1. The molecule has 110 valence electrons. The summed E-state index contributed by atoms with van der Waals surface area (Å²) in [6.07, 6.45) is 0. The summed E-state index contributed by atoms with van der Waals surface area (Å²) in [5.74, 6) is 0.110. The second kappa shape index (κ2) is 7.31. The lowest BCUT2D eigenvalue weighted by Gasteiger charge is -2.09. The van der Waals surface area contributed by atoms with Gasteiger partial charge in [-0.2, -0.15) is 0 Å². The Bertz CT molecular complexity index is 626. The zero-order valence-electron chi connectivity index (χ0n) is 11.9. The van der Waals surface area contributed by atoms with Crippen molar-refractivity contribution >= 4 is 11.5 Å². The van der Waals surface area contributed by atoms with Gasteiger partial charge >= 0.3 is 0 Å². The fraction of sp³-hybridized carbons (Fsp3) is 0.188. The highest BCUT2D eigenvalue weighted by molar-refractivity contribution is 5.97. The highest BCUT2D eigenvalue weighted by Crippen LogP contribution is 2.13. The molecule has 0 saturated heterocycles. The maximum Gasteiger partial charge on any atom is 0.170 e. The predicted octanol–water partition coefficient (Wildman–Crippen LogP) is 2.54. The van der Waals surface area contributed by atoms with Gasteiger partial charge in [0.05, 0.1) is 6.61 Å². The Morgan fingerprint density at radius 2 is 1.95 bits per heavy atom. The molecule has 0 radical (unpaired) electrons. The molecule has 5 heteroatoms. The van der Waals surface area contributed by atoms with Crippen LogP contribution in [0.1, 0.15) is 16.7 Å². The predicted molar refractivity (Wildman–Crippen MR) is 83.4 cm³/mol. The first kappa shape index (κ1) is 14.9. The molecule has 0 aliphatic carbocycles. The molecule has 0 unspecified atom stereocenters. The molecule has 0 aliphatic rings. The zero-order chi connectivity index (χ0) is 15.1. The topological polar surface area (TPSA) is 79.9 Å². The number of rotatable bonds is 6. The van der Waals surface area contributed by atoms with Crippen LogP contribution in [0.25, 0.3) is 0 Å². The lowest BCUT2D eigenvalue weighted by Crippen LogP contribution is -2.13. The van der Waals surface area contributed by atoms with Crippen molar-refractivity contribution in [2.75, 3.05) is 12.4 Å². The van der Waals surface area contributed by atoms with Crippen molar-refractivity contribution in [1.29, 1.82) is 0 Å². The number of hydrogen-bond donors (Lipinski definition) is 3. The number of benzene rings is 2. The van der Waals surface area contributed by atoms with Crippen molar-refractivity contribution in [1.82, 2.24) is 0 Å². The van der Waals surface area contributed by atoms with E-state index in [1.807, 2.05) is 36.4 Å². The molecule has 0 saturated carbocycles. The van der Waals surface area contributed by atoms with Crippen LogP contribution in [0.3, 0.4) is 0 Å². The van der Waals surface area contributed by atoms with Crippen molar-refractivity contribution in [3.05, 3.63) is 65.2 Å². The molecule has 4 N–H and O–H groups in total. The molecule has 2 aromatic rings. The van der Waals surface area contributed by atoms with E-state index in [-0.39, 0.29) is 5.84 Å². The first-order valence-corrected chi connectivity index (χ1v) is 6.61. The Kier molecular flexibility index (Phi) is 5.17. The lowest BCUT2D eigenvalue weighted by atomic mass is 10.1. The minimum Gasteiger partial charge on any atom is -0.409 e. The number of anilines is 1. The maximum absolute atomic E-state index is 8.70. The van der Waals surface area contributed by atoms with Gasteiger partial charge in [0.25, 0.3) is 0 Å². The quantitative estimate of drug-likeness (QED) is 0.330. The third kappa shape index (κ3) is 4.22. The van der Waals surface area contributed by atoms with Crippen molar-refractivity contribution in [2.24, 2.45) is 10.9 Å². The van der Waals surface area contributed by atoms with E-state index in [2.05, 4.69) is 16.5 Å². The van der Waals surface area contributed by atoms with Crippen LogP contribution in [0.5, 0.6) is 0 Å². The van der Waals surface area contributed by atoms with Crippen molar-refractivity contribution < 1.29 is 9.94 Å². The van der Waals surface area contributed by atoms with E-state index >= 15 is 0 Å². The van der Waals surface area contributed by atoms with Crippen molar-refractivity contribution in [3.8, 4) is 0 Å². The summed E-state index contributed by atoms with van der Waals surface area (Å²) in [4.78, 5) is 0. The minimum atomic E-state index is 0.110. The standard InChI is InChI=1S/C16H19N3O2/c1-21-11-13-5-3-7-15(9-13)18-10-12-4-2-6-14(8-12)16(17)19-20/h2-9,18,20H,10-11H2,1H3,(H2,17,19). The van der Waals surface area contributed by atoms with Gasteiger partial charge in [-0.05, 0) is 29.3 Å². The molecule has 0 heterocycles. The molecule has 2 rings (SSSR count). The van der Waals surface area contributed by atoms with E-state index in [1.54, 1.807) is 13.2 Å². The number of oxime groups is 1. The van der Waals surface area contributed by atoms with Crippen LogP contribution in [-0.2, 0) is 17.9 Å². The van der Waals surface area contributed by atoms with Gasteiger partial charge in [0.15, 0.2) is 5.84 Å². The molecule has 0 aliphatic heterocycles. The van der Waals surface area contributed by atoms with E-state index in [0.29, 0.717) is 18.7 Å². The Labute approximate surface area is 124 Å². The van der Waals surface area contributed by atoms with E-state index in [4.69, 9.17) is 15.7 Å². The van der Waals surface area contributed by atoms with E-state index < -0.39 is 0 Å². The number of nitrogens with one attached hydrogen (secondary N) is 1. The third-order valence-corrected chi connectivity index (χ3v) is 3.07. The van der Waals surface area contributed by atoms with Crippen LogP contribution in [0.4, 0.5) is 5.69 Å². The third-order valence-electron chi connectivity index (χ3n) is 3.07. The number of nitrogens with zero attached hydrogens (tertiary/aromatic N) is 1. The average molecular weight is 285 g/mol. The second-order valence-electron chi connectivity index (χ2n) is 4.67. The SMILES string of the molecule is COCc1cccc(NCc2cccc(C(N)=NO)c2)c1. The van der Waals surface area contributed by atoms with Gasteiger partial charge in [0.1, 0.15) is 0 Å². The van der Waals surface area contributed by atoms with Crippen LogP contribution in [0, 0.1) is 0 Å². The largest absolute Gasteiger partial charge is 0.409 e. The number of hydrogen-bond acceptors (Lipinski definition) is 4. The summed E-state index contributed by atoms with van der Waals surface area (Å²) >= 11 is 0. The summed E-state index contributed by atoms with van der Waals surface area (Å²) in [5.41, 5.74) is 9.49. The van der Waals surface area contributed by atoms with Gasteiger partial charge in [-0.15, -0.1) is 0 Å². The summed E-state index contributed by atoms with van der Waals surface area (Å²) in [7, 11) is 1.68. The number of ether oxygens (including phenoxy) is 1. The number of methoxy groups -OCH3 is 1. The summed E-state index contributed by atoms with van der Waals surface area (Å²) in [5, 5.41) is 15.1. The molecular formula is C16H19N3O2. The molecule has 0 amide bonds. The van der Waals surface area contributed by atoms with Gasteiger partial charge < -0.3 is 21.0 Å². The van der Waals surface area contributed by atoms with Gasteiger partial charge in [0, 0.05) is 24.9 Å². The highest BCUT2D eigenvalue weighted by Gasteiger charge is 2.01. The molecule has 0 spiro atoms. The Balaban J connectivity index is 2.04. The highest BCUT2D eigenvalue weighted by atomic mass is 16.5. The Hall–Kier alpha value is -2.53. The Morgan fingerprint density at radius 3 is 2.71 bits per heavy atom. The van der Waals surface area contributed by atoms with Gasteiger partial charge in [0.2, 0.25) is 0 Å². The molecule has 0 bridgehead atoms. The molecule has 2 aromatic carbocycles. The molecule has 0 aromatic heterocycles. The second-order valence-corrected chi connectivity index (χ2v) is 4.67. The maximum atomic E-state index is 8.70. The lowest BCUT2D eigenvalue weighted by molar-refractivity contribution is 0.185. The van der Waals surface area contributed by atoms with Crippen LogP contribution in [0.15, 0.2) is 53.7 Å². The van der Waals surface area contributed by atoms with Crippen LogP contribution in [-0.4, -0.2) is 18.2 Å². The van der Waals surface area contributed by atoms with Gasteiger partial charge in [-0.25, -0.2) is 0 Å². The molecule has 21 heavy (non-hydrogen) atoms. The summed E-state index contributed by atoms with van der Waals surface area (Å²) < 4.78 is 5.12. The first-order valence-electron chi connectivity index (χ1n) is 6.61. The first-order chi connectivity index (χ1) is 10.2. The molecular weight excluding hydrogens is 266 g/mol. The number of nitrogens with two attached hydrogens (primary N) is 1. The average Bonchev–Trinajstić information content (AvgIpc) is 2.53. The fourth-order valence-electron chi connectivity index (χ4n) is 2.04. The van der Waals surface area contributed by atoms with E-state index in [9.17, 15) is 0 Å². The van der Waals surface area contributed by atoms with Crippen LogP contribution >= 0.6 is 0 Å². The van der Waals surface area contributed by atoms with Crippen molar-refractivity contribution in [2.45, 2.75) is 13.2 Å². The molecule has 0 fully saturated rings. The monoisotopic (exact) mass is 285 g/mol. The van der Waals surface area contributed by atoms with E-state index in [1.165, 1.54) is 0 Å². The van der Waals surface area contributed by atoms with Crippen molar-refractivity contribution in [3.63, 3.8) is 0 Å².